The molecular weight excluding hydrogens is 732 g/mol. The zero-order chi connectivity index (χ0) is 40.0. The summed E-state index contributed by atoms with van der Waals surface area (Å²) >= 11 is 0. The number of rotatable bonds is 16. The van der Waals surface area contributed by atoms with Gasteiger partial charge < -0.3 is 88.6 Å². The van der Waals surface area contributed by atoms with Gasteiger partial charge in [-0.3, -0.25) is 0 Å². The number of hydrogen-bond acceptors (Lipinski definition) is 18. The van der Waals surface area contributed by atoms with Crippen molar-refractivity contribution in [3.63, 3.8) is 0 Å². The molecule has 0 amide bonds. The highest BCUT2D eigenvalue weighted by Gasteiger charge is 2.55. The molecule has 4 aliphatic rings. The first-order valence-corrected chi connectivity index (χ1v) is 18.8. The summed E-state index contributed by atoms with van der Waals surface area (Å²) < 4.78 is 53.2. The first kappa shape index (κ1) is 44.3. The third-order valence-electron chi connectivity index (χ3n) is 10.9. The van der Waals surface area contributed by atoms with E-state index in [1.54, 1.807) is 0 Å². The summed E-state index contributed by atoms with van der Waals surface area (Å²) in [5, 5.41) is 97.0. The van der Waals surface area contributed by atoms with Crippen LogP contribution in [0, 0.1) is 11.8 Å². The third-order valence-corrected chi connectivity index (χ3v) is 10.9. The Hall–Kier alpha value is -1.76. The van der Waals surface area contributed by atoms with E-state index in [1.807, 2.05) is 51.1 Å². The fraction of sp³-hybridized carbons (Fsp3) is 0.784. The Balaban J connectivity index is 1.34. The largest absolute Gasteiger partial charge is 0.394 e. The van der Waals surface area contributed by atoms with Crippen LogP contribution in [0.2, 0.25) is 0 Å². The van der Waals surface area contributed by atoms with Crippen LogP contribution >= 0.6 is 0 Å². The van der Waals surface area contributed by atoms with Crippen LogP contribution in [0.1, 0.15) is 32.8 Å². The van der Waals surface area contributed by atoms with Crippen LogP contribution in [0.5, 0.6) is 0 Å². The summed E-state index contributed by atoms with van der Waals surface area (Å²) in [6.45, 7) is 7.37. The Morgan fingerprint density at radius 1 is 0.564 bits per heavy atom. The van der Waals surface area contributed by atoms with Crippen molar-refractivity contribution >= 4 is 0 Å². The van der Waals surface area contributed by atoms with Gasteiger partial charge in [0.1, 0.15) is 79.4 Å². The van der Waals surface area contributed by atoms with Gasteiger partial charge in [-0.2, -0.15) is 0 Å². The highest BCUT2D eigenvalue weighted by Crippen LogP contribution is 2.38. The number of aliphatic hydroxyl groups is 9. The molecule has 4 heterocycles. The Kier molecular flexibility index (Phi) is 16.4. The average Bonchev–Trinajstić information content (AvgIpc) is 3.19. The van der Waals surface area contributed by atoms with Crippen LogP contribution in [0.4, 0.5) is 0 Å². The lowest BCUT2D eigenvalue weighted by atomic mass is 9.82. The molecule has 0 aromatic heterocycles. The van der Waals surface area contributed by atoms with Crippen LogP contribution in [-0.2, 0) is 49.2 Å². The van der Waals surface area contributed by atoms with E-state index in [1.165, 1.54) is 6.08 Å². The first-order chi connectivity index (χ1) is 26.4. The van der Waals surface area contributed by atoms with Gasteiger partial charge in [-0.25, -0.2) is 0 Å². The Bertz CT molecular complexity index is 1300. The normalized spacial score (nSPS) is 45.3. The van der Waals surface area contributed by atoms with Gasteiger partial charge in [0.25, 0.3) is 0 Å². The van der Waals surface area contributed by atoms with Crippen molar-refractivity contribution < 1.29 is 88.6 Å². The minimum Gasteiger partial charge on any atom is -0.394 e. The molecule has 314 valence electrons. The lowest BCUT2D eigenvalue weighted by molar-refractivity contribution is -0.390. The van der Waals surface area contributed by atoms with Crippen LogP contribution in [-0.4, -0.2) is 183 Å². The SMILES string of the molecule is C=CCO[C@@H]1C(O)[C@H](O[C@@H]2C(O)[C@H](O[C@@H]3C(O)[C@H](OC4[C@H](OCc5ccccc5)OC(CC)[C@H](C)[C@@H]4C)OC(CO)[C@@H]3O)OC(CO)[C@@H]2O)OC(CO)[C@@H]1O. The van der Waals surface area contributed by atoms with E-state index in [0.29, 0.717) is 6.42 Å². The lowest BCUT2D eigenvalue weighted by Gasteiger charge is -2.49. The average molecular weight is 791 g/mol. The highest BCUT2D eigenvalue weighted by atomic mass is 16.8. The van der Waals surface area contributed by atoms with E-state index in [9.17, 15) is 46.0 Å². The van der Waals surface area contributed by atoms with Crippen molar-refractivity contribution in [1.29, 1.82) is 0 Å². The van der Waals surface area contributed by atoms with E-state index in [-0.39, 0.29) is 31.2 Å². The van der Waals surface area contributed by atoms with E-state index in [2.05, 4.69) is 6.58 Å². The molecule has 55 heavy (non-hydrogen) atoms. The summed E-state index contributed by atoms with van der Waals surface area (Å²) in [7, 11) is 0. The minimum atomic E-state index is -1.93. The second-order valence-corrected chi connectivity index (χ2v) is 14.5. The van der Waals surface area contributed by atoms with Crippen LogP contribution < -0.4 is 0 Å². The summed E-state index contributed by atoms with van der Waals surface area (Å²) in [5.41, 5.74) is 0.894. The second kappa shape index (κ2) is 20.3. The maximum atomic E-state index is 11.6. The molecule has 4 saturated heterocycles. The van der Waals surface area contributed by atoms with E-state index in [0.717, 1.165) is 5.56 Å². The zero-order valence-corrected chi connectivity index (χ0v) is 31.2. The second-order valence-electron chi connectivity index (χ2n) is 14.5. The first-order valence-electron chi connectivity index (χ1n) is 18.8. The van der Waals surface area contributed by atoms with Gasteiger partial charge in [-0.05, 0) is 23.8 Å². The molecule has 0 bridgehead atoms. The standard InChI is InChI=1S/C37H58O18/c1-5-12-47-31-24(41)21(13-38)50-34(27(31)44)54-33-26(43)23(15-40)52-36(29(33)46)55-32-25(42)22(14-39)51-35(28(32)45)53-30-18(4)17(3)20(6-2)49-37(30)48-16-19-10-8-7-9-11-19/h5,7-11,17-18,20-46H,1,6,12-16H2,2-4H3/t17-,18+,20?,21?,22?,23?,24+,25+,26+,27?,28?,29?,30?,31+,32+,33+,34+,35+,36+,37-/m1/s1. The smallest absolute Gasteiger partial charge is 0.187 e. The van der Waals surface area contributed by atoms with E-state index >= 15 is 0 Å². The maximum absolute atomic E-state index is 11.6. The molecule has 1 aromatic rings. The van der Waals surface area contributed by atoms with E-state index < -0.39 is 124 Å². The number of ether oxygens (including phenoxy) is 9. The van der Waals surface area contributed by atoms with E-state index in [4.69, 9.17) is 42.6 Å². The Labute approximate surface area is 319 Å². The van der Waals surface area contributed by atoms with Crippen LogP contribution in [0.15, 0.2) is 43.0 Å². The highest BCUT2D eigenvalue weighted by molar-refractivity contribution is 5.13. The molecule has 0 aliphatic carbocycles. The van der Waals surface area contributed by atoms with Gasteiger partial charge in [0.2, 0.25) is 0 Å². The Morgan fingerprint density at radius 3 is 1.45 bits per heavy atom. The quantitative estimate of drug-likeness (QED) is 0.0794. The van der Waals surface area contributed by atoms with Gasteiger partial charge in [0.15, 0.2) is 25.2 Å². The number of benzene rings is 1. The van der Waals surface area contributed by atoms with Gasteiger partial charge in [-0.1, -0.05) is 57.2 Å². The predicted molar refractivity (Wildman–Crippen MR) is 186 cm³/mol. The van der Waals surface area contributed by atoms with Gasteiger partial charge in [0, 0.05) is 0 Å². The van der Waals surface area contributed by atoms with Crippen molar-refractivity contribution in [2.45, 2.75) is 144 Å². The van der Waals surface area contributed by atoms with Gasteiger partial charge in [-0.15, -0.1) is 6.58 Å². The molecule has 5 rings (SSSR count). The molecule has 1 aromatic carbocycles. The van der Waals surface area contributed by atoms with Crippen molar-refractivity contribution in [1.82, 2.24) is 0 Å². The number of hydrogen-bond donors (Lipinski definition) is 9. The predicted octanol–water partition coefficient (Wildman–Crippen LogP) is -2.35. The summed E-state index contributed by atoms with van der Waals surface area (Å²) in [5.74, 6) is -0.192. The zero-order valence-electron chi connectivity index (χ0n) is 31.2. The van der Waals surface area contributed by atoms with Gasteiger partial charge >= 0.3 is 0 Å². The summed E-state index contributed by atoms with van der Waals surface area (Å²) in [6.07, 6.45) is -24.0. The molecule has 4 aliphatic heterocycles. The van der Waals surface area contributed by atoms with Gasteiger partial charge in [0.05, 0.1) is 39.1 Å². The summed E-state index contributed by atoms with van der Waals surface area (Å²) in [4.78, 5) is 0. The molecule has 0 saturated carbocycles. The third kappa shape index (κ3) is 9.93. The molecule has 4 fully saturated rings. The molecule has 20 atom stereocenters. The minimum absolute atomic E-state index is 0.00504. The molecule has 0 radical (unpaired) electrons. The van der Waals surface area contributed by atoms with Crippen molar-refractivity contribution in [3.8, 4) is 0 Å². The monoisotopic (exact) mass is 790 g/mol. The molecule has 9 N–H and O–H groups in total. The number of aliphatic hydroxyl groups excluding tert-OH is 9. The lowest BCUT2D eigenvalue weighted by Crippen LogP contribution is -2.67. The molecule has 18 heteroatoms. The summed E-state index contributed by atoms with van der Waals surface area (Å²) in [6, 6.07) is 9.45. The van der Waals surface area contributed by atoms with Crippen molar-refractivity contribution in [2.24, 2.45) is 11.8 Å². The fourth-order valence-electron chi connectivity index (χ4n) is 7.46. The molecule has 18 nitrogen and oxygen atoms in total. The maximum Gasteiger partial charge on any atom is 0.187 e. The molecular formula is C37H58O18. The topological polar surface area (TPSA) is 265 Å². The van der Waals surface area contributed by atoms with Crippen molar-refractivity contribution in [2.75, 3.05) is 26.4 Å². The Morgan fingerprint density at radius 2 is 1.00 bits per heavy atom. The van der Waals surface area contributed by atoms with Crippen molar-refractivity contribution in [3.05, 3.63) is 48.6 Å². The van der Waals surface area contributed by atoms with Crippen LogP contribution in [0.25, 0.3) is 0 Å². The fourth-order valence-corrected chi connectivity index (χ4v) is 7.46. The molecule has 8 unspecified atom stereocenters. The van der Waals surface area contributed by atoms with Crippen LogP contribution in [0.3, 0.4) is 0 Å². The molecule has 0 spiro atoms.